The predicted molar refractivity (Wildman–Crippen MR) is 102 cm³/mol. The SMILES string of the molecule is CC(C)(C)OC(=O)NC1CCCC1Nc1ncc2cc(Br)ccc2n1. The van der Waals surface area contributed by atoms with Gasteiger partial charge in [-0.25, -0.2) is 14.8 Å². The van der Waals surface area contributed by atoms with E-state index in [1.54, 1.807) is 6.20 Å². The first-order valence-electron chi connectivity index (χ1n) is 8.48. The number of rotatable bonds is 3. The third-order valence-electron chi connectivity index (χ3n) is 4.07. The van der Waals surface area contributed by atoms with Gasteiger partial charge < -0.3 is 15.4 Å². The minimum Gasteiger partial charge on any atom is -0.444 e. The topological polar surface area (TPSA) is 76.1 Å². The monoisotopic (exact) mass is 406 g/mol. The number of halogens is 1. The van der Waals surface area contributed by atoms with Gasteiger partial charge in [0, 0.05) is 22.1 Å². The van der Waals surface area contributed by atoms with Crippen molar-refractivity contribution in [3.05, 3.63) is 28.9 Å². The number of ether oxygens (including phenoxy) is 1. The second-order valence-corrected chi connectivity index (χ2v) is 8.25. The molecule has 7 heteroatoms. The highest BCUT2D eigenvalue weighted by Gasteiger charge is 2.30. The molecule has 1 saturated carbocycles. The summed E-state index contributed by atoms with van der Waals surface area (Å²) >= 11 is 3.45. The Morgan fingerprint density at radius 1 is 1.28 bits per heavy atom. The Morgan fingerprint density at radius 2 is 2.04 bits per heavy atom. The van der Waals surface area contributed by atoms with Crippen molar-refractivity contribution < 1.29 is 9.53 Å². The maximum atomic E-state index is 12.0. The molecule has 2 aromatic rings. The van der Waals surface area contributed by atoms with Crippen molar-refractivity contribution in [2.45, 2.75) is 57.7 Å². The van der Waals surface area contributed by atoms with Crippen LogP contribution < -0.4 is 10.6 Å². The molecule has 134 valence electrons. The van der Waals surface area contributed by atoms with Crippen molar-refractivity contribution in [2.75, 3.05) is 5.32 Å². The maximum Gasteiger partial charge on any atom is 0.407 e. The lowest BCUT2D eigenvalue weighted by atomic mass is 10.2. The Hall–Kier alpha value is -1.89. The van der Waals surface area contributed by atoms with E-state index in [2.05, 4.69) is 36.5 Å². The number of nitrogens with zero attached hydrogens (tertiary/aromatic N) is 2. The van der Waals surface area contributed by atoms with Crippen molar-refractivity contribution in [3.63, 3.8) is 0 Å². The van der Waals surface area contributed by atoms with Crippen LogP contribution in [0.2, 0.25) is 0 Å². The van der Waals surface area contributed by atoms with Crippen molar-refractivity contribution in [1.82, 2.24) is 15.3 Å². The van der Waals surface area contributed by atoms with Gasteiger partial charge in [0.25, 0.3) is 0 Å². The number of alkyl carbamates (subject to hydrolysis) is 1. The molecule has 1 aliphatic carbocycles. The van der Waals surface area contributed by atoms with Crippen LogP contribution in [0.15, 0.2) is 28.9 Å². The van der Waals surface area contributed by atoms with E-state index in [4.69, 9.17) is 4.74 Å². The van der Waals surface area contributed by atoms with Crippen LogP contribution in [0.1, 0.15) is 40.0 Å². The second kappa shape index (κ2) is 7.15. The summed E-state index contributed by atoms with van der Waals surface area (Å²) in [5.41, 5.74) is 0.386. The molecule has 1 aromatic heterocycles. The molecule has 1 aromatic carbocycles. The number of benzene rings is 1. The Labute approximate surface area is 155 Å². The normalized spacial score (nSPS) is 20.5. The van der Waals surface area contributed by atoms with Gasteiger partial charge in [-0.3, -0.25) is 0 Å². The van der Waals surface area contributed by atoms with Crippen molar-refractivity contribution in [1.29, 1.82) is 0 Å². The van der Waals surface area contributed by atoms with Crippen molar-refractivity contribution in [2.24, 2.45) is 0 Å². The highest BCUT2D eigenvalue weighted by atomic mass is 79.9. The van der Waals surface area contributed by atoms with Gasteiger partial charge in [0.15, 0.2) is 0 Å². The zero-order valence-corrected chi connectivity index (χ0v) is 16.3. The number of anilines is 1. The summed E-state index contributed by atoms with van der Waals surface area (Å²) < 4.78 is 6.36. The van der Waals surface area contributed by atoms with Gasteiger partial charge in [0.05, 0.1) is 11.6 Å². The third kappa shape index (κ3) is 4.81. The van der Waals surface area contributed by atoms with Gasteiger partial charge in [0.1, 0.15) is 5.60 Å². The van der Waals surface area contributed by atoms with E-state index in [1.807, 2.05) is 39.0 Å². The van der Waals surface area contributed by atoms with Crippen molar-refractivity contribution >= 4 is 38.9 Å². The van der Waals surface area contributed by atoms with Crippen LogP contribution in [0.25, 0.3) is 10.9 Å². The number of hydrogen-bond donors (Lipinski definition) is 2. The summed E-state index contributed by atoms with van der Waals surface area (Å²) in [5.74, 6) is 0.581. The molecule has 1 amide bonds. The van der Waals surface area contributed by atoms with E-state index < -0.39 is 5.60 Å². The van der Waals surface area contributed by atoms with Crippen LogP contribution in [0, 0.1) is 0 Å². The van der Waals surface area contributed by atoms with Crippen LogP contribution in [-0.4, -0.2) is 33.7 Å². The van der Waals surface area contributed by atoms with Crippen LogP contribution in [0.4, 0.5) is 10.7 Å². The first kappa shape index (κ1) is 17.9. The minimum atomic E-state index is -0.499. The largest absolute Gasteiger partial charge is 0.444 e. The number of carbonyl (C=O) groups excluding carboxylic acids is 1. The lowest BCUT2D eigenvalue weighted by molar-refractivity contribution is 0.0503. The Morgan fingerprint density at radius 3 is 2.80 bits per heavy atom. The van der Waals surface area contributed by atoms with Crippen LogP contribution >= 0.6 is 15.9 Å². The minimum absolute atomic E-state index is 0.0130. The third-order valence-corrected chi connectivity index (χ3v) is 4.57. The molecule has 6 nitrogen and oxygen atoms in total. The summed E-state index contributed by atoms with van der Waals surface area (Å²) in [6.07, 6.45) is 4.34. The summed E-state index contributed by atoms with van der Waals surface area (Å²) in [6, 6.07) is 6.01. The highest BCUT2D eigenvalue weighted by Crippen LogP contribution is 2.24. The maximum absolute atomic E-state index is 12.0. The lowest BCUT2D eigenvalue weighted by Crippen LogP contribution is -2.45. The number of aromatic nitrogens is 2. The number of hydrogen-bond acceptors (Lipinski definition) is 5. The molecule has 25 heavy (non-hydrogen) atoms. The number of amides is 1. The summed E-state index contributed by atoms with van der Waals surface area (Å²) in [7, 11) is 0. The number of fused-ring (bicyclic) bond motifs is 1. The van der Waals surface area contributed by atoms with Crippen LogP contribution in [-0.2, 0) is 4.74 Å². The first-order valence-corrected chi connectivity index (χ1v) is 9.28. The average Bonchev–Trinajstić information content (AvgIpc) is 2.92. The van der Waals surface area contributed by atoms with Gasteiger partial charge >= 0.3 is 6.09 Å². The first-order chi connectivity index (χ1) is 11.8. The molecule has 1 fully saturated rings. The Balaban J connectivity index is 1.67. The molecule has 2 unspecified atom stereocenters. The Bertz CT molecular complexity index is 775. The molecule has 0 radical (unpaired) electrons. The smallest absolute Gasteiger partial charge is 0.407 e. The summed E-state index contributed by atoms with van der Waals surface area (Å²) in [6.45, 7) is 5.58. The highest BCUT2D eigenvalue weighted by molar-refractivity contribution is 9.10. The van der Waals surface area contributed by atoms with Crippen LogP contribution in [0.5, 0.6) is 0 Å². The van der Waals surface area contributed by atoms with Gasteiger partial charge in [0.2, 0.25) is 5.95 Å². The molecular weight excluding hydrogens is 384 g/mol. The molecular formula is C18H23BrN4O2. The number of carbonyl (C=O) groups is 1. The van der Waals surface area contributed by atoms with Gasteiger partial charge in [-0.1, -0.05) is 15.9 Å². The molecule has 1 heterocycles. The quantitative estimate of drug-likeness (QED) is 0.796. The predicted octanol–water partition coefficient (Wildman–Crippen LogP) is 4.25. The van der Waals surface area contributed by atoms with Gasteiger partial charge in [-0.05, 0) is 58.2 Å². The second-order valence-electron chi connectivity index (χ2n) is 7.33. The van der Waals surface area contributed by atoms with E-state index in [0.29, 0.717) is 5.95 Å². The van der Waals surface area contributed by atoms with E-state index in [-0.39, 0.29) is 18.2 Å². The van der Waals surface area contributed by atoms with Crippen molar-refractivity contribution in [3.8, 4) is 0 Å². The van der Waals surface area contributed by atoms with E-state index in [9.17, 15) is 4.79 Å². The molecule has 2 atom stereocenters. The lowest BCUT2D eigenvalue weighted by Gasteiger charge is -2.25. The van der Waals surface area contributed by atoms with E-state index in [1.165, 1.54) is 0 Å². The molecule has 3 rings (SSSR count). The van der Waals surface area contributed by atoms with Crippen LogP contribution in [0.3, 0.4) is 0 Å². The van der Waals surface area contributed by atoms with Gasteiger partial charge in [-0.15, -0.1) is 0 Å². The fraction of sp³-hybridized carbons (Fsp3) is 0.500. The number of nitrogens with one attached hydrogen (secondary N) is 2. The van der Waals surface area contributed by atoms with E-state index in [0.717, 1.165) is 34.6 Å². The molecule has 0 spiro atoms. The average molecular weight is 407 g/mol. The fourth-order valence-corrected chi connectivity index (χ4v) is 3.38. The standard InChI is InChI=1S/C18H23BrN4O2/c1-18(2,3)25-17(24)23-15-6-4-5-14(15)22-16-20-10-11-9-12(19)7-8-13(11)21-16/h7-10,14-15H,4-6H2,1-3H3,(H,23,24)(H,20,21,22). The molecule has 0 bridgehead atoms. The zero-order valence-electron chi connectivity index (χ0n) is 14.7. The molecule has 1 aliphatic rings. The zero-order chi connectivity index (χ0) is 18.0. The van der Waals surface area contributed by atoms with Gasteiger partial charge in [-0.2, -0.15) is 0 Å². The molecule has 0 aliphatic heterocycles. The summed E-state index contributed by atoms with van der Waals surface area (Å²) in [4.78, 5) is 21.0. The molecule has 0 saturated heterocycles. The summed E-state index contributed by atoms with van der Waals surface area (Å²) in [5, 5.41) is 7.31. The molecule has 2 N–H and O–H groups in total. The van der Waals surface area contributed by atoms with E-state index >= 15 is 0 Å². The Kier molecular flexibility index (Phi) is 5.13. The fourth-order valence-electron chi connectivity index (χ4n) is 3.00.